The minimum Gasteiger partial charge on any atom is -0.453 e. The Bertz CT molecular complexity index is 490. The van der Waals surface area contributed by atoms with Crippen LogP contribution in [0.15, 0.2) is 22.6 Å². The molecular weight excluding hydrogens is 233 g/mol. The molecule has 1 aromatic carbocycles. The van der Waals surface area contributed by atoms with Crippen molar-refractivity contribution in [1.29, 1.82) is 0 Å². The van der Waals surface area contributed by atoms with E-state index in [1.807, 2.05) is 0 Å². The maximum atomic E-state index is 11.9. The van der Waals surface area contributed by atoms with Crippen molar-refractivity contribution in [3.8, 4) is 5.75 Å². The SMILES string of the molecule is FC(F)(F)Oc1cc2c[c]oc2cc1Cl. The molecule has 2 nitrogen and oxygen atoms in total. The third kappa shape index (κ3) is 2.18. The molecule has 2 aromatic rings. The molecule has 0 N–H and O–H groups in total. The first-order chi connectivity index (χ1) is 6.96. The van der Waals surface area contributed by atoms with Crippen LogP contribution in [0.25, 0.3) is 11.0 Å². The second-order valence-electron chi connectivity index (χ2n) is 2.73. The predicted octanol–water partition coefficient (Wildman–Crippen LogP) is 3.78. The Morgan fingerprint density at radius 1 is 1.33 bits per heavy atom. The molecule has 0 saturated carbocycles. The van der Waals surface area contributed by atoms with Gasteiger partial charge in [-0.3, -0.25) is 0 Å². The highest BCUT2D eigenvalue weighted by molar-refractivity contribution is 6.32. The Balaban J connectivity index is 2.46. The molecule has 0 unspecified atom stereocenters. The number of ether oxygens (including phenoxy) is 1. The Kier molecular flexibility index (Phi) is 2.26. The lowest BCUT2D eigenvalue weighted by Gasteiger charge is -2.09. The van der Waals surface area contributed by atoms with Gasteiger partial charge in [0.2, 0.25) is 0 Å². The number of rotatable bonds is 1. The van der Waals surface area contributed by atoms with Crippen LogP contribution in [0.2, 0.25) is 5.02 Å². The molecule has 0 amide bonds. The van der Waals surface area contributed by atoms with Gasteiger partial charge in [0.1, 0.15) is 11.3 Å². The van der Waals surface area contributed by atoms with Gasteiger partial charge in [0.25, 0.3) is 0 Å². The van der Waals surface area contributed by atoms with Gasteiger partial charge in [-0.1, -0.05) is 11.6 Å². The van der Waals surface area contributed by atoms with Gasteiger partial charge in [-0.05, 0) is 12.1 Å². The summed E-state index contributed by atoms with van der Waals surface area (Å²) in [4.78, 5) is 0. The molecule has 0 saturated heterocycles. The van der Waals surface area contributed by atoms with Crippen LogP contribution in [0.5, 0.6) is 5.75 Å². The zero-order valence-electron chi connectivity index (χ0n) is 7.06. The number of benzene rings is 1. The number of furan rings is 1. The van der Waals surface area contributed by atoms with Gasteiger partial charge in [-0.2, -0.15) is 0 Å². The molecule has 6 heteroatoms. The summed E-state index contributed by atoms with van der Waals surface area (Å²) < 4.78 is 44.4. The Morgan fingerprint density at radius 3 is 2.73 bits per heavy atom. The fourth-order valence-electron chi connectivity index (χ4n) is 1.11. The second kappa shape index (κ2) is 3.34. The van der Waals surface area contributed by atoms with Gasteiger partial charge in [0, 0.05) is 11.5 Å². The number of hydrogen-bond acceptors (Lipinski definition) is 2. The highest BCUT2D eigenvalue weighted by atomic mass is 35.5. The first-order valence-corrected chi connectivity index (χ1v) is 4.18. The molecule has 0 bridgehead atoms. The lowest BCUT2D eigenvalue weighted by atomic mass is 10.2. The molecule has 2 rings (SSSR count). The third-order valence-corrected chi connectivity index (χ3v) is 1.97. The Hall–Kier alpha value is -1.36. The normalized spacial score (nSPS) is 12.0. The van der Waals surface area contributed by atoms with Crippen molar-refractivity contribution in [2.24, 2.45) is 0 Å². The summed E-state index contributed by atoms with van der Waals surface area (Å²) in [7, 11) is 0. The van der Waals surface area contributed by atoms with Crippen molar-refractivity contribution < 1.29 is 22.3 Å². The fourth-order valence-corrected chi connectivity index (χ4v) is 1.30. The van der Waals surface area contributed by atoms with Crippen LogP contribution in [0, 0.1) is 6.26 Å². The molecule has 0 spiro atoms. The van der Waals surface area contributed by atoms with Crippen LogP contribution < -0.4 is 4.74 Å². The molecule has 0 aliphatic heterocycles. The van der Waals surface area contributed by atoms with E-state index in [0.29, 0.717) is 11.0 Å². The summed E-state index contributed by atoms with van der Waals surface area (Å²) >= 11 is 5.57. The van der Waals surface area contributed by atoms with Gasteiger partial charge in [0.05, 0.1) is 5.02 Å². The second-order valence-corrected chi connectivity index (χ2v) is 3.14. The van der Waals surface area contributed by atoms with E-state index in [9.17, 15) is 13.2 Å². The molecule has 79 valence electrons. The van der Waals surface area contributed by atoms with E-state index in [4.69, 9.17) is 16.0 Å². The first-order valence-electron chi connectivity index (χ1n) is 3.80. The van der Waals surface area contributed by atoms with Gasteiger partial charge < -0.3 is 9.15 Å². The number of fused-ring (bicyclic) bond motifs is 1. The minimum absolute atomic E-state index is 0.164. The summed E-state index contributed by atoms with van der Waals surface area (Å²) in [5, 5.41) is 0.279. The highest BCUT2D eigenvalue weighted by Gasteiger charge is 2.32. The molecule has 0 atom stereocenters. The molecule has 0 aliphatic carbocycles. The zero-order chi connectivity index (χ0) is 11.1. The van der Waals surface area contributed by atoms with Crippen LogP contribution in [-0.2, 0) is 0 Å². The summed E-state index contributed by atoms with van der Waals surface area (Å²) in [6.07, 6.45) is -2.37. The average Bonchev–Trinajstić information content (AvgIpc) is 2.49. The van der Waals surface area contributed by atoms with E-state index in [1.54, 1.807) is 0 Å². The maximum Gasteiger partial charge on any atom is 0.573 e. The van der Waals surface area contributed by atoms with Crippen LogP contribution >= 0.6 is 11.6 Å². The molecule has 1 aromatic heterocycles. The average molecular weight is 236 g/mol. The topological polar surface area (TPSA) is 22.4 Å². The fraction of sp³-hybridized carbons (Fsp3) is 0.111. The molecule has 1 heterocycles. The van der Waals surface area contributed by atoms with Crippen molar-refractivity contribution in [2.45, 2.75) is 6.36 Å². The van der Waals surface area contributed by atoms with Crippen LogP contribution in [0.1, 0.15) is 0 Å². The lowest BCUT2D eigenvalue weighted by molar-refractivity contribution is -0.274. The molecule has 0 fully saturated rings. The molecule has 0 aliphatic rings. The predicted molar refractivity (Wildman–Crippen MR) is 46.7 cm³/mol. The molecular formula is C9H3ClF3O2. The minimum atomic E-state index is -4.76. The van der Waals surface area contributed by atoms with E-state index in [1.165, 1.54) is 12.1 Å². The Labute approximate surface area is 87.2 Å². The monoisotopic (exact) mass is 235 g/mol. The van der Waals surface area contributed by atoms with Gasteiger partial charge in [-0.25, -0.2) is 0 Å². The Morgan fingerprint density at radius 2 is 2.07 bits per heavy atom. The number of hydrogen-bond donors (Lipinski definition) is 0. The van der Waals surface area contributed by atoms with E-state index in [0.717, 1.165) is 6.07 Å². The van der Waals surface area contributed by atoms with Crippen molar-refractivity contribution in [2.75, 3.05) is 0 Å². The van der Waals surface area contributed by atoms with Gasteiger partial charge in [-0.15, -0.1) is 13.2 Å². The summed E-state index contributed by atoms with van der Waals surface area (Å²) in [6.45, 7) is 0. The highest BCUT2D eigenvalue weighted by Crippen LogP contribution is 2.33. The third-order valence-electron chi connectivity index (χ3n) is 1.67. The van der Waals surface area contributed by atoms with Crippen molar-refractivity contribution in [3.05, 3.63) is 29.5 Å². The summed E-state index contributed by atoms with van der Waals surface area (Å²) in [5.41, 5.74) is 0.356. The van der Waals surface area contributed by atoms with E-state index in [-0.39, 0.29) is 5.02 Å². The summed E-state index contributed by atoms with van der Waals surface area (Å²) in [6, 6.07) is 3.79. The van der Waals surface area contributed by atoms with Gasteiger partial charge in [0.15, 0.2) is 6.26 Å². The maximum absolute atomic E-state index is 11.9. The summed E-state index contributed by atoms with van der Waals surface area (Å²) in [5.74, 6) is -0.452. The largest absolute Gasteiger partial charge is 0.573 e. The molecule has 1 radical (unpaired) electrons. The van der Waals surface area contributed by atoms with Crippen LogP contribution in [0.3, 0.4) is 0 Å². The van der Waals surface area contributed by atoms with E-state index in [2.05, 4.69) is 11.0 Å². The van der Waals surface area contributed by atoms with Crippen molar-refractivity contribution in [1.82, 2.24) is 0 Å². The smallest absolute Gasteiger partial charge is 0.453 e. The van der Waals surface area contributed by atoms with Crippen molar-refractivity contribution in [3.63, 3.8) is 0 Å². The van der Waals surface area contributed by atoms with Crippen LogP contribution in [0.4, 0.5) is 13.2 Å². The number of halogens is 4. The van der Waals surface area contributed by atoms with Crippen LogP contribution in [-0.4, -0.2) is 6.36 Å². The molecule has 15 heavy (non-hydrogen) atoms. The first kappa shape index (κ1) is 10.2. The van der Waals surface area contributed by atoms with Crippen molar-refractivity contribution >= 4 is 22.6 Å². The van der Waals surface area contributed by atoms with E-state index < -0.39 is 12.1 Å². The van der Waals surface area contributed by atoms with E-state index >= 15 is 0 Å². The lowest BCUT2D eigenvalue weighted by Crippen LogP contribution is -2.17. The van der Waals surface area contributed by atoms with Gasteiger partial charge >= 0.3 is 6.36 Å². The quantitative estimate of drug-likeness (QED) is 0.750. The zero-order valence-corrected chi connectivity index (χ0v) is 7.82. The number of alkyl halides is 3. The standard InChI is InChI=1S/C9H3ClF3O2/c10-6-4-7-5(1-2-14-7)3-8(6)15-9(11,12)13/h1,3-4H.